The fourth-order valence-corrected chi connectivity index (χ4v) is 2.96. The first-order chi connectivity index (χ1) is 12.7. The predicted molar refractivity (Wildman–Crippen MR) is 98.5 cm³/mol. The van der Waals surface area contributed by atoms with Crippen molar-refractivity contribution in [3.8, 4) is 11.4 Å². The van der Waals surface area contributed by atoms with E-state index in [1.165, 1.54) is 6.33 Å². The maximum absolute atomic E-state index is 12.9. The molecule has 2 heterocycles. The first kappa shape index (κ1) is 16.0. The van der Waals surface area contributed by atoms with Crippen LogP contribution in [0.3, 0.4) is 0 Å². The molecule has 7 nitrogen and oxygen atoms in total. The van der Waals surface area contributed by atoms with E-state index in [0.29, 0.717) is 24.5 Å². The van der Waals surface area contributed by atoms with Crippen molar-refractivity contribution in [1.82, 2.24) is 29.6 Å². The lowest BCUT2D eigenvalue weighted by molar-refractivity contribution is 0.0791. The molecule has 0 spiro atoms. The number of rotatable bonds is 5. The molecule has 2 aromatic carbocycles. The zero-order chi connectivity index (χ0) is 17.9. The number of amides is 1. The summed E-state index contributed by atoms with van der Waals surface area (Å²) in [4.78, 5) is 23.2. The molecule has 0 aliphatic heterocycles. The van der Waals surface area contributed by atoms with E-state index in [9.17, 15) is 4.79 Å². The Morgan fingerprint density at radius 1 is 1.12 bits per heavy atom. The number of H-pyrrole nitrogens is 1. The van der Waals surface area contributed by atoms with Crippen LogP contribution >= 0.6 is 0 Å². The number of likely N-dealkylation sites (N-methyl/N-ethyl adjacent to an activating group) is 1. The average Bonchev–Trinajstić information content (AvgIpc) is 3.35. The molecule has 4 aromatic rings. The molecule has 0 bridgehead atoms. The fourth-order valence-electron chi connectivity index (χ4n) is 2.96. The molecule has 26 heavy (non-hydrogen) atoms. The Morgan fingerprint density at radius 2 is 1.92 bits per heavy atom. The lowest BCUT2D eigenvalue weighted by Crippen LogP contribution is -2.30. The molecule has 0 unspecified atom stereocenters. The molecule has 0 aliphatic rings. The summed E-state index contributed by atoms with van der Waals surface area (Å²) >= 11 is 0. The van der Waals surface area contributed by atoms with Crippen molar-refractivity contribution in [3.05, 3.63) is 66.7 Å². The Balaban J connectivity index is 1.52. The quantitative estimate of drug-likeness (QED) is 0.602. The van der Waals surface area contributed by atoms with Crippen LogP contribution in [0.2, 0.25) is 0 Å². The summed E-state index contributed by atoms with van der Waals surface area (Å²) in [7, 11) is 1.80. The predicted octanol–water partition coefficient (Wildman–Crippen LogP) is 2.59. The number of aromatic amines is 1. The summed E-state index contributed by atoms with van der Waals surface area (Å²) in [5.74, 6) is 0.532. The van der Waals surface area contributed by atoms with Crippen LogP contribution in [-0.2, 0) is 6.54 Å². The number of fused-ring (bicyclic) bond motifs is 1. The molecule has 0 radical (unpaired) electrons. The molecule has 0 aliphatic carbocycles. The van der Waals surface area contributed by atoms with E-state index in [-0.39, 0.29) is 5.91 Å². The van der Waals surface area contributed by atoms with Gasteiger partial charge >= 0.3 is 0 Å². The Labute approximate surface area is 150 Å². The van der Waals surface area contributed by atoms with Gasteiger partial charge in [-0.2, -0.15) is 5.10 Å². The smallest absolute Gasteiger partial charge is 0.254 e. The number of hydrogen-bond donors (Lipinski definition) is 1. The number of nitrogens with one attached hydrogen (secondary N) is 1. The standard InChI is InChI=1S/C19H18N6O/c1-24(10-11-25-13-21-16-8-4-5-9-17(16)25)19(26)15-7-3-2-6-14(15)18-20-12-22-23-18/h2-9,12-13H,10-11H2,1H3,(H,20,22,23). The van der Waals surface area contributed by atoms with E-state index in [4.69, 9.17) is 0 Å². The topological polar surface area (TPSA) is 79.7 Å². The minimum absolute atomic E-state index is 0.0542. The summed E-state index contributed by atoms with van der Waals surface area (Å²) in [6, 6.07) is 15.4. The van der Waals surface area contributed by atoms with E-state index in [0.717, 1.165) is 16.6 Å². The molecule has 1 N–H and O–H groups in total. The van der Waals surface area contributed by atoms with Crippen molar-refractivity contribution < 1.29 is 4.79 Å². The van der Waals surface area contributed by atoms with Gasteiger partial charge in [0.15, 0.2) is 5.82 Å². The molecular formula is C19H18N6O. The van der Waals surface area contributed by atoms with Gasteiger partial charge in [0.1, 0.15) is 6.33 Å². The van der Waals surface area contributed by atoms with Crippen molar-refractivity contribution in [2.75, 3.05) is 13.6 Å². The molecule has 0 atom stereocenters. The van der Waals surface area contributed by atoms with Gasteiger partial charge in [-0.1, -0.05) is 30.3 Å². The van der Waals surface area contributed by atoms with Crippen LogP contribution in [0.5, 0.6) is 0 Å². The summed E-state index contributed by atoms with van der Waals surface area (Å²) in [6.07, 6.45) is 3.25. The molecule has 0 fully saturated rings. The van der Waals surface area contributed by atoms with Gasteiger partial charge in [-0.25, -0.2) is 9.97 Å². The van der Waals surface area contributed by atoms with Crippen LogP contribution in [0.4, 0.5) is 0 Å². The summed E-state index contributed by atoms with van der Waals surface area (Å²) in [5, 5.41) is 6.69. The van der Waals surface area contributed by atoms with E-state index in [1.807, 2.05) is 54.9 Å². The van der Waals surface area contributed by atoms with Crippen LogP contribution in [0.15, 0.2) is 61.2 Å². The van der Waals surface area contributed by atoms with E-state index in [1.54, 1.807) is 11.9 Å². The second kappa shape index (κ2) is 6.79. The first-order valence-electron chi connectivity index (χ1n) is 8.34. The molecular weight excluding hydrogens is 328 g/mol. The van der Waals surface area contributed by atoms with Gasteiger partial charge in [0.2, 0.25) is 0 Å². The molecule has 2 aromatic heterocycles. The van der Waals surface area contributed by atoms with Crippen molar-refractivity contribution in [1.29, 1.82) is 0 Å². The maximum atomic E-state index is 12.9. The molecule has 0 saturated carbocycles. The van der Waals surface area contributed by atoms with Crippen LogP contribution in [0.1, 0.15) is 10.4 Å². The summed E-state index contributed by atoms with van der Waals surface area (Å²) in [6.45, 7) is 1.25. The maximum Gasteiger partial charge on any atom is 0.254 e. The molecule has 130 valence electrons. The third kappa shape index (κ3) is 2.95. The lowest BCUT2D eigenvalue weighted by atomic mass is 10.1. The first-order valence-corrected chi connectivity index (χ1v) is 8.34. The van der Waals surface area contributed by atoms with Gasteiger partial charge in [-0.05, 0) is 18.2 Å². The number of benzene rings is 2. The number of nitrogens with zero attached hydrogens (tertiary/aromatic N) is 5. The number of carbonyl (C=O) groups is 1. The molecule has 1 amide bonds. The van der Waals surface area contributed by atoms with E-state index < -0.39 is 0 Å². The minimum atomic E-state index is -0.0542. The minimum Gasteiger partial charge on any atom is -0.340 e. The molecule has 7 heteroatoms. The van der Waals surface area contributed by atoms with Gasteiger partial charge in [0, 0.05) is 25.7 Å². The van der Waals surface area contributed by atoms with Gasteiger partial charge in [0.05, 0.1) is 22.9 Å². The van der Waals surface area contributed by atoms with Crippen LogP contribution < -0.4 is 0 Å². The molecule has 4 rings (SSSR count). The highest BCUT2D eigenvalue weighted by Crippen LogP contribution is 2.21. The van der Waals surface area contributed by atoms with Gasteiger partial charge < -0.3 is 9.47 Å². The average molecular weight is 346 g/mol. The van der Waals surface area contributed by atoms with Crippen molar-refractivity contribution >= 4 is 16.9 Å². The van der Waals surface area contributed by atoms with Crippen LogP contribution in [0.25, 0.3) is 22.4 Å². The second-order valence-corrected chi connectivity index (χ2v) is 6.03. The van der Waals surface area contributed by atoms with Crippen molar-refractivity contribution in [2.24, 2.45) is 0 Å². The van der Waals surface area contributed by atoms with Gasteiger partial charge in [-0.15, -0.1) is 0 Å². The number of imidazole rings is 1. The zero-order valence-corrected chi connectivity index (χ0v) is 14.3. The lowest BCUT2D eigenvalue weighted by Gasteiger charge is -2.19. The fraction of sp³-hybridized carbons (Fsp3) is 0.158. The normalized spacial score (nSPS) is 11.0. The van der Waals surface area contributed by atoms with E-state index in [2.05, 4.69) is 24.7 Å². The Hall–Kier alpha value is -3.48. The summed E-state index contributed by atoms with van der Waals surface area (Å²) in [5.41, 5.74) is 3.37. The third-order valence-corrected chi connectivity index (χ3v) is 4.38. The third-order valence-electron chi connectivity index (χ3n) is 4.38. The Morgan fingerprint density at radius 3 is 2.77 bits per heavy atom. The number of carbonyl (C=O) groups excluding carboxylic acids is 1. The second-order valence-electron chi connectivity index (χ2n) is 6.03. The highest BCUT2D eigenvalue weighted by molar-refractivity contribution is 6.00. The number of para-hydroxylation sites is 2. The highest BCUT2D eigenvalue weighted by atomic mass is 16.2. The number of aromatic nitrogens is 5. The summed E-state index contributed by atoms with van der Waals surface area (Å²) < 4.78 is 2.06. The highest BCUT2D eigenvalue weighted by Gasteiger charge is 2.17. The van der Waals surface area contributed by atoms with Crippen LogP contribution in [-0.4, -0.2) is 49.1 Å². The Kier molecular flexibility index (Phi) is 4.18. The van der Waals surface area contributed by atoms with Crippen molar-refractivity contribution in [2.45, 2.75) is 6.54 Å². The SMILES string of the molecule is CN(CCn1cnc2ccccc21)C(=O)c1ccccc1-c1ncn[nH]1. The Bertz CT molecular complexity index is 1040. The van der Waals surface area contributed by atoms with Crippen LogP contribution in [0, 0.1) is 0 Å². The molecule has 0 saturated heterocycles. The van der Waals surface area contributed by atoms with Gasteiger partial charge in [-0.3, -0.25) is 9.89 Å². The van der Waals surface area contributed by atoms with Gasteiger partial charge in [0.25, 0.3) is 5.91 Å². The largest absolute Gasteiger partial charge is 0.340 e. The van der Waals surface area contributed by atoms with E-state index >= 15 is 0 Å². The zero-order valence-electron chi connectivity index (χ0n) is 14.3. The number of hydrogen-bond acceptors (Lipinski definition) is 4. The monoisotopic (exact) mass is 346 g/mol. The van der Waals surface area contributed by atoms with Crippen molar-refractivity contribution in [3.63, 3.8) is 0 Å².